The fourth-order valence-electron chi connectivity index (χ4n) is 2.56. The lowest BCUT2D eigenvalue weighted by atomic mass is 10.0. The van der Waals surface area contributed by atoms with Gasteiger partial charge in [0, 0.05) is 11.3 Å². The van der Waals surface area contributed by atoms with Gasteiger partial charge in [0.25, 0.3) is 5.17 Å². The number of aliphatic hydroxyl groups excluding tert-OH is 1. The third-order valence-corrected chi connectivity index (χ3v) is 3.94. The second kappa shape index (κ2) is 8.14. The van der Waals surface area contributed by atoms with Crippen LogP contribution in [0, 0.1) is 11.8 Å². The molecular weight excluding hydrogens is 326 g/mol. The molecule has 2 nitrogen and oxygen atoms in total. The van der Waals surface area contributed by atoms with Gasteiger partial charge in [-0.3, -0.25) is 4.90 Å². The molecule has 3 rings (SSSR count). The highest BCUT2D eigenvalue weighted by Crippen LogP contribution is 2.27. The van der Waals surface area contributed by atoms with E-state index in [2.05, 4.69) is 11.8 Å². The molecule has 1 atom stereocenters. The predicted molar refractivity (Wildman–Crippen MR) is 107 cm³/mol. The molecular formula is C22H17NOS. The molecule has 0 bridgehead atoms. The Kier molecular flexibility index (Phi) is 5.46. The normalized spacial score (nSPS) is 11.0. The highest BCUT2D eigenvalue weighted by molar-refractivity contribution is 7.80. The Balaban J connectivity index is 2.07. The molecule has 1 N–H and O–H groups in total. The minimum Gasteiger partial charge on any atom is -0.486 e. The van der Waals surface area contributed by atoms with Crippen molar-refractivity contribution >= 4 is 23.1 Å². The van der Waals surface area contributed by atoms with E-state index in [1.54, 1.807) is 4.90 Å². The molecule has 3 aromatic carbocycles. The first-order valence-corrected chi connectivity index (χ1v) is 8.35. The van der Waals surface area contributed by atoms with Crippen LogP contribution in [-0.2, 0) is 0 Å². The zero-order valence-corrected chi connectivity index (χ0v) is 14.4. The van der Waals surface area contributed by atoms with Crippen LogP contribution >= 0.6 is 12.2 Å². The van der Waals surface area contributed by atoms with Gasteiger partial charge in [-0.25, -0.2) is 0 Å². The molecule has 25 heavy (non-hydrogen) atoms. The van der Waals surface area contributed by atoms with Crippen molar-refractivity contribution in [3.8, 4) is 11.8 Å². The van der Waals surface area contributed by atoms with Crippen LogP contribution in [0.25, 0.3) is 0 Å². The van der Waals surface area contributed by atoms with Crippen LogP contribution in [0.4, 0.5) is 5.69 Å². The molecule has 0 saturated heterocycles. The van der Waals surface area contributed by atoms with E-state index in [1.165, 1.54) is 0 Å². The van der Waals surface area contributed by atoms with Crippen molar-refractivity contribution < 1.29 is 5.11 Å². The van der Waals surface area contributed by atoms with Gasteiger partial charge >= 0.3 is 0 Å². The Labute approximate surface area is 153 Å². The Hall–Kier alpha value is -3.09. The quantitative estimate of drug-likeness (QED) is 0.527. The predicted octanol–water partition coefficient (Wildman–Crippen LogP) is 5.13. The van der Waals surface area contributed by atoms with Gasteiger partial charge in [-0.15, -0.1) is 0 Å². The van der Waals surface area contributed by atoms with Gasteiger partial charge in [0.15, 0.2) is 0 Å². The third-order valence-electron chi connectivity index (χ3n) is 3.74. The molecule has 0 aliphatic heterocycles. The summed E-state index contributed by atoms with van der Waals surface area (Å²) >= 11 is 5.12. The summed E-state index contributed by atoms with van der Waals surface area (Å²) in [6, 6.07) is 28.8. The van der Waals surface area contributed by atoms with Crippen LogP contribution in [0.1, 0.15) is 17.2 Å². The van der Waals surface area contributed by atoms with Gasteiger partial charge in [0.05, 0.1) is 0 Å². The van der Waals surface area contributed by atoms with Crippen LogP contribution in [0.2, 0.25) is 0 Å². The fourth-order valence-corrected chi connectivity index (χ4v) is 2.77. The van der Waals surface area contributed by atoms with E-state index in [0.717, 1.165) is 16.8 Å². The highest BCUT2D eigenvalue weighted by Gasteiger charge is 2.22. The molecule has 0 fully saturated rings. The first-order chi connectivity index (χ1) is 12.3. The molecule has 0 spiro atoms. The van der Waals surface area contributed by atoms with Crippen molar-refractivity contribution in [3.05, 3.63) is 102 Å². The lowest BCUT2D eigenvalue weighted by Gasteiger charge is -2.28. The van der Waals surface area contributed by atoms with Crippen LogP contribution in [0.15, 0.2) is 91.0 Å². The van der Waals surface area contributed by atoms with E-state index in [-0.39, 0.29) is 11.2 Å². The number of anilines is 1. The summed E-state index contributed by atoms with van der Waals surface area (Å²) in [5.74, 6) is 6.45. The van der Waals surface area contributed by atoms with Crippen LogP contribution in [0.3, 0.4) is 0 Å². The highest BCUT2D eigenvalue weighted by atomic mass is 32.1. The van der Waals surface area contributed by atoms with Crippen LogP contribution < -0.4 is 4.90 Å². The molecule has 3 heteroatoms. The lowest BCUT2D eigenvalue weighted by Crippen LogP contribution is -2.32. The molecule has 122 valence electrons. The van der Waals surface area contributed by atoms with Gasteiger partial charge in [-0.05, 0) is 42.0 Å². The second-order valence-corrected chi connectivity index (χ2v) is 5.80. The number of nitrogens with zero attached hydrogens (tertiary/aromatic N) is 1. The average Bonchev–Trinajstić information content (AvgIpc) is 2.67. The lowest BCUT2D eigenvalue weighted by molar-refractivity contribution is 0.543. The maximum absolute atomic E-state index is 10.2. The van der Waals surface area contributed by atoms with Crippen molar-refractivity contribution in [1.29, 1.82) is 0 Å². The minimum atomic E-state index is -0.388. The van der Waals surface area contributed by atoms with Gasteiger partial charge in [-0.1, -0.05) is 78.6 Å². The average molecular weight is 343 g/mol. The Morgan fingerprint density at radius 3 is 1.88 bits per heavy atom. The Morgan fingerprint density at radius 1 is 0.800 bits per heavy atom. The third kappa shape index (κ3) is 4.26. The topological polar surface area (TPSA) is 23.5 Å². The SMILES string of the molecule is OC(=S)N(c1ccccc1)C(C#Cc1ccccc1)c1ccccc1. The van der Waals surface area contributed by atoms with Crippen molar-refractivity contribution in [2.24, 2.45) is 0 Å². The first-order valence-electron chi connectivity index (χ1n) is 7.94. The molecule has 0 heterocycles. The Bertz CT molecular complexity index is 883. The number of aliphatic hydroxyl groups is 1. The van der Waals surface area contributed by atoms with E-state index in [4.69, 9.17) is 12.2 Å². The Morgan fingerprint density at radius 2 is 1.32 bits per heavy atom. The standard InChI is InChI=1S/C22H17NOS/c24-22(25)23(20-14-8-3-9-15-20)21(19-12-6-2-7-13-19)17-16-18-10-4-1-5-11-18/h1-15,21H,(H,24,25). The summed E-state index contributed by atoms with van der Waals surface area (Å²) in [5.41, 5.74) is 2.68. The summed E-state index contributed by atoms with van der Waals surface area (Å²) in [7, 11) is 0. The molecule has 0 amide bonds. The summed E-state index contributed by atoms with van der Waals surface area (Å²) in [4.78, 5) is 1.67. The molecule has 0 saturated carbocycles. The van der Waals surface area contributed by atoms with E-state index in [0.29, 0.717) is 0 Å². The van der Waals surface area contributed by atoms with Gasteiger partial charge < -0.3 is 5.11 Å². The molecule has 0 aliphatic rings. The number of hydrogen-bond donors (Lipinski definition) is 1. The number of thiocarbonyl (C=S) groups is 1. The molecule has 0 aromatic heterocycles. The summed E-state index contributed by atoms with van der Waals surface area (Å²) in [6.07, 6.45) is 0. The van der Waals surface area contributed by atoms with Crippen molar-refractivity contribution in [2.75, 3.05) is 4.90 Å². The zero-order valence-electron chi connectivity index (χ0n) is 13.5. The summed E-state index contributed by atoms with van der Waals surface area (Å²) in [5, 5.41) is 9.98. The monoisotopic (exact) mass is 343 g/mol. The molecule has 0 aliphatic carbocycles. The van der Waals surface area contributed by atoms with Crippen LogP contribution in [-0.4, -0.2) is 10.3 Å². The van der Waals surface area contributed by atoms with Gasteiger partial charge in [-0.2, -0.15) is 0 Å². The molecule has 3 aromatic rings. The van der Waals surface area contributed by atoms with Crippen molar-refractivity contribution in [2.45, 2.75) is 6.04 Å². The largest absolute Gasteiger partial charge is 0.486 e. The fraction of sp³-hybridized carbons (Fsp3) is 0.0455. The van der Waals surface area contributed by atoms with E-state index in [9.17, 15) is 5.11 Å². The maximum Gasteiger partial charge on any atom is 0.262 e. The van der Waals surface area contributed by atoms with E-state index < -0.39 is 0 Å². The number of benzene rings is 3. The summed E-state index contributed by atoms with van der Waals surface area (Å²) < 4.78 is 0. The van der Waals surface area contributed by atoms with E-state index >= 15 is 0 Å². The van der Waals surface area contributed by atoms with Crippen molar-refractivity contribution in [1.82, 2.24) is 0 Å². The first kappa shape index (κ1) is 16.8. The van der Waals surface area contributed by atoms with Gasteiger partial charge in [0.1, 0.15) is 6.04 Å². The number of para-hydroxylation sites is 1. The maximum atomic E-state index is 10.2. The van der Waals surface area contributed by atoms with Crippen LogP contribution in [0.5, 0.6) is 0 Å². The smallest absolute Gasteiger partial charge is 0.262 e. The summed E-state index contributed by atoms with van der Waals surface area (Å²) in [6.45, 7) is 0. The molecule has 0 radical (unpaired) electrons. The zero-order chi connectivity index (χ0) is 17.5. The van der Waals surface area contributed by atoms with E-state index in [1.807, 2.05) is 91.0 Å². The van der Waals surface area contributed by atoms with Crippen molar-refractivity contribution in [3.63, 3.8) is 0 Å². The number of rotatable bonds is 3. The van der Waals surface area contributed by atoms with Gasteiger partial charge in [0.2, 0.25) is 0 Å². The second-order valence-electron chi connectivity index (χ2n) is 5.44. The number of hydrogen-bond acceptors (Lipinski definition) is 1. The minimum absolute atomic E-state index is 0.206. The molecule has 1 unspecified atom stereocenters.